The summed E-state index contributed by atoms with van der Waals surface area (Å²) in [6.45, 7) is 7.50. The first-order valence-corrected chi connectivity index (χ1v) is 7.51. The lowest BCUT2D eigenvalue weighted by Gasteiger charge is -2.14. The summed E-state index contributed by atoms with van der Waals surface area (Å²) in [6, 6.07) is 0. The number of rotatable bonds is 11. The van der Waals surface area contributed by atoms with Gasteiger partial charge in [0.05, 0.1) is 0 Å². The molecule has 0 aromatic carbocycles. The van der Waals surface area contributed by atoms with Crippen LogP contribution < -0.4 is 5.32 Å². The molecule has 0 spiro atoms. The van der Waals surface area contributed by atoms with E-state index in [0.29, 0.717) is 0 Å². The monoisotopic (exact) mass is 241 g/mol. The van der Waals surface area contributed by atoms with Gasteiger partial charge >= 0.3 is 0 Å². The van der Waals surface area contributed by atoms with E-state index in [0.717, 1.165) is 31.7 Å². The van der Waals surface area contributed by atoms with Crippen molar-refractivity contribution in [2.45, 2.75) is 78.6 Å². The van der Waals surface area contributed by atoms with E-state index in [1.54, 1.807) is 0 Å². The Balaban J connectivity index is 3.57. The quantitative estimate of drug-likeness (QED) is 0.537. The van der Waals surface area contributed by atoms with Crippen LogP contribution >= 0.6 is 0 Å². The second-order valence-corrected chi connectivity index (χ2v) is 5.04. The summed E-state index contributed by atoms with van der Waals surface area (Å²) in [5.74, 6) is 1.00. The molecule has 0 unspecified atom stereocenters. The van der Waals surface area contributed by atoms with Crippen molar-refractivity contribution in [3.63, 3.8) is 0 Å². The number of amides is 1. The van der Waals surface area contributed by atoms with Crippen molar-refractivity contribution in [1.29, 1.82) is 0 Å². The molecule has 0 saturated carbocycles. The van der Waals surface area contributed by atoms with E-state index in [2.05, 4.69) is 26.1 Å². The van der Waals surface area contributed by atoms with Crippen molar-refractivity contribution in [2.75, 3.05) is 6.54 Å². The maximum Gasteiger partial charge on any atom is 0.220 e. The van der Waals surface area contributed by atoms with E-state index in [9.17, 15) is 4.79 Å². The van der Waals surface area contributed by atoms with Gasteiger partial charge in [0.15, 0.2) is 0 Å². The van der Waals surface area contributed by atoms with Gasteiger partial charge < -0.3 is 5.32 Å². The Labute approximate surface area is 108 Å². The predicted octanol–water partition coefficient (Wildman–Crippen LogP) is 4.29. The zero-order valence-corrected chi connectivity index (χ0v) is 12.1. The molecule has 0 aliphatic rings. The van der Waals surface area contributed by atoms with Crippen molar-refractivity contribution < 1.29 is 4.79 Å². The molecule has 0 radical (unpaired) electrons. The molecule has 0 atom stereocenters. The van der Waals surface area contributed by atoms with E-state index in [-0.39, 0.29) is 5.91 Å². The third kappa shape index (κ3) is 10.3. The maximum absolute atomic E-state index is 11.6. The highest BCUT2D eigenvalue weighted by molar-refractivity contribution is 5.75. The zero-order valence-electron chi connectivity index (χ0n) is 12.1. The lowest BCUT2D eigenvalue weighted by molar-refractivity contribution is -0.121. The number of unbranched alkanes of at least 4 members (excludes halogenated alkanes) is 2. The molecule has 1 N–H and O–H groups in total. The van der Waals surface area contributed by atoms with Crippen LogP contribution in [0.3, 0.4) is 0 Å². The predicted molar refractivity (Wildman–Crippen MR) is 75.1 cm³/mol. The minimum Gasteiger partial charge on any atom is -0.356 e. The van der Waals surface area contributed by atoms with E-state index < -0.39 is 0 Å². The number of hydrogen-bond donors (Lipinski definition) is 1. The van der Waals surface area contributed by atoms with Crippen LogP contribution in [0.15, 0.2) is 0 Å². The third-order valence-electron chi connectivity index (χ3n) is 3.28. The van der Waals surface area contributed by atoms with Crippen LogP contribution in [0, 0.1) is 5.92 Å². The average Bonchev–Trinajstić information content (AvgIpc) is 2.32. The first-order valence-electron chi connectivity index (χ1n) is 7.51. The lowest BCUT2D eigenvalue weighted by Crippen LogP contribution is -2.24. The lowest BCUT2D eigenvalue weighted by atomic mass is 9.93. The number of hydrogen-bond acceptors (Lipinski definition) is 1. The summed E-state index contributed by atoms with van der Waals surface area (Å²) in [7, 11) is 0. The minimum absolute atomic E-state index is 0.248. The van der Waals surface area contributed by atoms with E-state index in [1.807, 2.05) is 0 Å². The first-order chi connectivity index (χ1) is 8.24. The molecule has 2 heteroatoms. The molecule has 2 nitrogen and oxygen atoms in total. The third-order valence-corrected chi connectivity index (χ3v) is 3.28. The van der Waals surface area contributed by atoms with Crippen LogP contribution in [0.1, 0.15) is 78.6 Å². The first kappa shape index (κ1) is 16.5. The van der Waals surface area contributed by atoms with Crippen LogP contribution in [-0.4, -0.2) is 12.5 Å². The maximum atomic E-state index is 11.6. The van der Waals surface area contributed by atoms with Gasteiger partial charge in [-0.05, 0) is 18.8 Å². The number of carbonyl (C=O) groups excluding carboxylic acids is 1. The fourth-order valence-electron chi connectivity index (χ4n) is 2.28. The summed E-state index contributed by atoms with van der Waals surface area (Å²) in [4.78, 5) is 11.6. The topological polar surface area (TPSA) is 29.1 Å². The van der Waals surface area contributed by atoms with Crippen molar-refractivity contribution >= 4 is 5.91 Å². The largest absolute Gasteiger partial charge is 0.356 e. The minimum atomic E-state index is 0.248. The Bertz CT molecular complexity index is 174. The molecule has 0 aliphatic heterocycles. The van der Waals surface area contributed by atoms with Gasteiger partial charge in [0.25, 0.3) is 0 Å². The Kier molecular flexibility index (Phi) is 11.6. The Morgan fingerprint density at radius 1 is 0.941 bits per heavy atom. The molecule has 0 aliphatic carbocycles. The molecule has 17 heavy (non-hydrogen) atoms. The van der Waals surface area contributed by atoms with Gasteiger partial charge in [-0.15, -0.1) is 0 Å². The second-order valence-electron chi connectivity index (χ2n) is 5.04. The zero-order chi connectivity index (χ0) is 12.9. The van der Waals surface area contributed by atoms with Crippen molar-refractivity contribution in [3.8, 4) is 0 Å². The summed E-state index contributed by atoms with van der Waals surface area (Å²) in [5.41, 5.74) is 0. The number of carbonyl (C=O) groups is 1. The molecule has 0 fully saturated rings. The van der Waals surface area contributed by atoms with Gasteiger partial charge in [0, 0.05) is 13.0 Å². The molecular formula is C15H31NO. The van der Waals surface area contributed by atoms with E-state index >= 15 is 0 Å². The molecule has 0 saturated heterocycles. The molecule has 0 rings (SSSR count). The van der Waals surface area contributed by atoms with E-state index in [4.69, 9.17) is 0 Å². The van der Waals surface area contributed by atoms with Gasteiger partial charge in [0.1, 0.15) is 0 Å². The second kappa shape index (κ2) is 11.9. The van der Waals surface area contributed by atoms with Crippen LogP contribution in [0.4, 0.5) is 0 Å². The highest BCUT2D eigenvalue weighted by Gasteiger charge is 2.09. The van der Waals surface area contributed by atoms with Gasteiger partial charge in [-0.2, -0.15) is 0 Å². The molecule has 0 heterocycles. The molecule has 102 valence electrons. The van der Waals surface area contributed by atoms with Gasteiger partial charge in [0.2, 0.25) is 5.91 Å². The molecule has 0 aromatic heterocycles. The van der Waals surface area contributed by atoms with Crippen LogP contribution in [-0.2, 0) is 4.79 Å². The SMILES string of the molecule is CCCCCNC(=O)CCC(CCC)CCC. The van der Waals surface area contributed by atoms with Crippen LogP contribution in [0.2, 0.25) is 0 Å². The van der Waals surface area contributed by atoms with Gasteiger partial charge in [-0.3, -0.25) is 4.79 Å². The van der Waals surface area contributed by atoms with Crippen LogP contribution in [0.5, 0.6) is 0 Å². The van der Waals surface area contributed by atoms with Crippen molar-refractivity contribution in [3.05, 3.63) is 0 Å². The Hall–Kier alpha value is -0.530. The molecular weight excluding hydrogens is 210 g/mol. The average molecular weight is 241 g/mol. The fraction of sp³-hybridized carbons (Fsp3) is 0.933. The molecule has 0 bridgehead atoms. The summed E-state index contributed by atoms with van der Waals surface area (Å²) >= 11 is 0. The van der Waals surface area contributed by atoms with Gasteiger partial charge in [-0.25, -0.2) is 0 Å². The number of nitrogens with one attached hydrogen (secondary N) is 1. The molecule has 1 amide bonds. The Morgan fingerprint density at radius 2 is 1.59 bits per heavy atom. The summed E-state index contributed by atoms with van der Waals surface area (Å²) in [5, 5.41) is 3.02. The fourth-order valence-corrected chi connectivity index (χ4v) is 2.28. The smallest absolute Gasteiger partial charge is 0.220 e. The summed E-state index contributed by atoms with van der Waals surface area (Å²) < 4.78 is 0. The molecule has 0 aromatic rings. The Morgan fingerprint density at radius 3 is 2.12 bits per heavy atom. The highest BCUT2D eigenvalue weighted by atomic mass is 16.1. The van der Waals surface area contributed by atoms with Crippen LogP contribution in [0.25, 0.3) is 0 Å². The normalized spacial score (nSPS) is 10.8. The standard InChI is InChI=1S/C15H31NO/c1-4-7-8-13-16-15(17)12-11-14(9-5-2)10-6-3/h14H,4-13H2,1-3H3,(H,16,17). The summed E-state index contributed by atoms with van der Waals surface area (Å²) in [6.07, 6.45) is 10.4. The van der Waals surface area contributed by atoms with Gasteiger partial charge in [-0.1, -0.05) is 59.3 Å². The highest BCUT2D eigenvalue weighted by Crippen LogP contribution is 2.19. The van der Waals surface area contributed by atoms with Crippen molar-refractivity contribution in [1.82, 2.24) is 5.32 Å². The van der Waals surface area contributed by atoms with E-state index in [1.165, 1.54) is 38.5 Å². The van der Waals surface area contributed by atoms with Crippen molar-refractivity contribution in [2.24, 2.45) is 5.92 Å².